The number of hydrogen-bond donors (Lipinski definition) is 1. The smallest absolute Gasteiger partial charge is 0.276 e. The fourth-order valence-corrected chi connectivity index (χ4v) is 2.67. The van der Waals surface area contributed by atoms with E-state index in [-0.39, 0.29) is 11.7 Å². The van der Waals surface area contributed by atoms with Crippen molar-refractivity contribution >= 4 is 17.5 Å². The third-order valence-corrected chi connectivity index (χ3v) is 4.13. The summed E-state index contributed by atoms with van der Waals surface area (Å²) in [5.74, 6) is -0.0466. The molecular formula is C21H21FN4O. The summed E-state index contributed by atoms with van der Waals surface area (Å²) in [5.41, 5.74) is 2.85. The second-order valence-electron chi connectivity index (χ2n) is 6.22. The second kappa shape index (κ2) is 8.40. The van der Waals surface area contributed by atoms with E-state index in [0.717, 1.165) is 11.3 Å². The normalized spacial score (nSPS) is 10.5. The molecule has 0 bridgehead atoms. The minimum absolute atomic E-state index is 0.201. The first kappa shape index (κ1) is 18.5. The summed E-state index contributed by atoms with van der Waals surface area (Å²) >= 11 is 0. The van der Waals surface area contributed by atoms with E-state index in [1.54, 1.807) is 30.1 Å². The van der Waals surface area contributed by atoms with E-state index >= 15 is 0 Å². The van der Waals surface area contributed by atoms with Gasteiger partial charge in [-0.05, 0) is 49.2 Å². The maximum Gasteiger partial charge on any atom is 0.276 e. The van der Waals surface area contributed by atoms with Crippen molar-refractivity contribution in [1.82, 2.24) is 9.97 Å². The Hall–Kier alpha value is -3.28. The molecule has 0 saturated carbocycles. The fraction of sp³-hybridized carbons (Fsp3) is 0.190. The van der Waals surface area contributed by atoms with Crippen LogP contribution in [0.3, 0.4) is 0 Å². The Bertz CT molecular complexity index is 913. The molecule has 1 aromatic heterocycles. The Balaban J connectivity index is 1.68. The number of carbonyl (C=O) groups excluding carboxylic acids is 1. The van der Waals surface area contributed by atoms with Gasteiger partial charge in [-0.25, -0.2) is 14.4 Å². The summed E-state index contributed by atoms with van der Waals surface area (Å²) in [6.07, 6.45) is 0.699. The molecule has 3 aromatic rings. The van der Waals surface area contributed by atoms with Gasteiger partial charge in [-0.3, -0.25) is 4.79 Å². The molecule has 1 N–H and O–H groups in total. The average molecular weight is 364 g/mol. The average Bonchev–Trinajstić information content (AvgIpc) is 2.68. The number of para-hydroxylation sites is 1. The van der Waals surface area contributed by atoms with Crippen molar-refractivity contribution in [1.29, 1.82) is 0 Å². The molecule has 1 amide bonds. The maximum atomic E-state index is 13.0. The highest BCUT2D eigenvalue weighted by Crippen LogP contribution is 2.15. The number of rotatable bonds is 6. The van der Waals surface area contributed by atoms with Gasteiger partial charge in [0.15, 0.2) is 0 Å². The van der Waals surface area contributed by atoms with Crippen molar-refractivity contribution in [3.8, 4) is 0 Å². The van der Waals surface area contributed by atoms with Crippen LogP contribution in [0.5, 0.6) is 0 Å². The Morgan fingerprint density at radius 1 is 1.07 bits per heavy atom. The van der Waals surface area contributed by atoms with Crippen LogP contribution in [0.1, 0.15) is 21.7 Å². The summed E-state index contributed by atoms with van der Waals surface area (Å²) in [4.78, 5) is 23.0. The molecule has 5 nitrogen and oxygen atoms in total. The number of aryl methyl sites for hydroxylation is 1. The van der Waals surface area contributed by atoms with Crippen molar-refractivity contribution in [3.05, 3.63) is 83.4 Å². The first-order valence-electron chi connectivity index (χ1n) is 8.70. The Morgan fingerprint density at radius 3 is 2.48 bits per heavy atom. The lowest BCUT2D eigenvalue weighted by Gasteiger charge is -2.17. The summed E-state index contributed by atoms with van der Waals surface area (Å²) in [6.45, 7) is 2.41. The van der Waals surface area contributed by atoms with Gasteiger partial charge < -0.3 is 10.2 Å². The van der Waals surface area contributed by atoms with Crippen LogP contribution in [0.4, 0.5) is 16.0 Å². The van der Waals surface area contributed by atoms with Crippen LogP contribution in [-0.4, -0.2) is 29.5 Å². The van der Waals surface area contributed by atoms with E-state index in [9.17, 15) is 9.18 Å². The first-order valence-corrected chi connectivity index (χ1v) is 8.70. The van der Waals surface area contributed by atoms with Crippen LogP contribution >= 0.6 is 0 Å². The zero-order chi connectivity index (χ0) is 19.2. The lowest BCUT2D eigenvalue weighted by Crippen LogP contribution is -2.27. The summed E-state index contributed by atoms with van der Waals surface area (Å²) in [5, 5.41) is 3.14. The van der Waals surface area contributed by atoms with Crippen LogP contribution in [-0.2, 0) is 6.42 Å². The molecule has 0 spiro atoms. The quantitative estimate of drug-likeness (QED) is 0.722. The number of amides is 1. The molecule has 3 rings (SSSR count). The van der Waals surface area contributed by atoms with E-state index in [0.29, 0.717) is 30.3 Å². The summed E-state index contributed by atoms with van der Waals surface area (Å²) < 4.78 is 13.0. The van der Waals surface area contributed by atoms with Crippen molar-refractivity contribution < 1.29 is 9.18 Å². The van der Waals surface area contributed by atoms with Gasteiger partial charge in [0.2, 0.25) is 5.95 Å². The number of hydrogen-bond acceptors (Lipinski definition) is 4. The third-order valence-electron chi connectivity index (χ3n) is 4.13. The topological polar surface area (TPSA) is 58.1 Å². The van der Waals surface area contributed by atoms with E-state index in [1.807, 2.05) is 37.3 Å². The van der Waals surface area contributed by atoms with Gasteiger partial charge in [-0.1, -0.05) is 30.3 Å². The predicted octanol–water partition coefficient (Wildman–Crippen LogP) is 3.86. The molecule has 6 heteroatoms. The number of anilines is 2. The standard InChI is InChI=1S/C21H21FN4O/c1-15-14-19(20(27)26(2)18-6-4-3-5-7-18)25-21(24-15)23-13-12-16-8-10-17(22)11-9-16/h3-11,14H,12-13H2,1-2H3,(H,23,24,25). The van der Waals surface area contributed by atoms with E-state index in [1.165, 1.54) is 12.1 Å². The number of carbonyl (C=O) groups is 1. The molecule has 0 fully saturated rings. The number of nitrogens with one attached hydrogen (secondary N) is 1. The van der Waals surface area contributed by atoms with E-state index in [2.05, 4.69) is 15.3 Å². The van der Waals surface area contributed by atoms with Gasteiger partial charge in [0.05, 0.1) is 0 Å². The number of nitrogens with zero attached hydrogens (tertiary/aromatic N) is 3. The van der Waals surface area contributed by atoms with Gasteiger partial charge in [0, 0.05) is 25.0 Å². The lowest BCUT2D eigenvalue weighted by molar-refractivity contribution is 0.0988. The Labute approximate surface area is 157 Å². The molecule has 0 atom stereocenters. The SMILES string of the molecule is Cc1cc(C(=O)N(C)c2ccccc2)nc(NCCc2ccc(F)cc2)n1. The molecule has 0 saturated heterocycles. The highest BCUT2D eigenvalue weighted by atomic mass is 19.1. The van der Waals surface area contributed by atoms with E-state index < -0.39 is 0 Å². The minimum Gasteiger partial charge on any atom is -0.354 e. The van der Waals surface area contributed by atoms with Gasteiger partial charge in [-0.15, -0.1) is 0 Å². The van der Waals surface area contributed by atoms with Crippen LogP contribution in [0.2, 0.25) is 0 Å². The van der Waals surface area contributed by atoms with Crippen molar-refractivity contribution in [2.75, 3.05) is 23.8 Å². The van der Waals surface area contributed by atoms with Crippen molar-refractivity contribution in [2.24, 2.45) is 0 Å². The molecule has 27 heavy (non-hydrogen) atoms. The molecule has 0 radical (unpaired) electrons. The zero-order valence-electron chi connectivity index (χ0n) is 15.3. The van der Waals surface area contributed by atoms with Gasteiger partial charge in [-0.2, -0.15) is 0 Å². The van der Waals surface area contributed by atoms with Crippen molar-refractivity contribution in [3.63, 3.8) is 0 Å². The number of halogens is 1. The molecule has 138 valence electrons. The van der Waals surface area contributed by atoms with Crippen LogP contribution in [0.25, 0.3) is 0 Å². The Kier molecular flexibility index (Phi) is 5.76. The third kappa shape index (κ3) is 4.88. The monoisotopic (exact) mass is 364 g/mol. The predicted molar refractivity (Wildman–Crippen MR) is 105 cm³/mol. The molecule has 2 aromatic carbocycles. The van der Waals surface area contributed by atoms with E-state index in [4.69, 9.17) is 0 Å². The Morgan fingerprint density at radius 2 is 1.78 bits per heavy atom. The lowest BCUT2D eigenvalue weighted by atomic mass is 10.1. The summed E-state index contributed by atoms with van der Waals surface area (Å²) in [6, 6.07) is 17.5. The fourth-order valence-electron chi connectivity index (χ4n) is 2.67. The molecule has 0 aliphatic carbocycles. The molecule has 1 heterocycles. The molecule has 0 aliphatic heterocycles. The van der Waals surface area contributed by atoms with Gasteiger partial charge in [0.25, 0.3) is 5.91 Å². The highest BCUT2D eigenvalue weighted by Gasteiger charge is 2.16. The zero-order valence-corrected chi connectivity index (χ0v) is 15.3. The highest BCUT2D eigenvalue weighted by molar-refractivity contribution is 6.04. The number of aromatic nitrogens is 2. The maximum absolute atomic E-state index is 13.0. The van der Waals surface area contributed by atoms with Crippen molar-refractivity contribution in [2.45, 2.75) is 13.3 Å². The van der Waals surface area contributed by atoms with Crippen LogP contribution in [0, 0.1) is 12.7 Å². The van der Waals surface area contributed by atoms with Gasteiger partial charge in [0.1, 0.15) is 11.5 Å². The molecule has 0 unspecified atom stereocenters. The first-order chi connectivity index (χ1) is 13.0. The van der Waals surface area contributed by atoms with Crippen LogP contribution in [0.15, 0.2) is 60.7 Å². The summed E-state index contributed by atoms with van der Waals surface area (Å²) in [7, 11) is 1.72. The largest absolute Gasteiger partial charge is 0.354 e. The molecule has 0 aliphatic rings. The second-order valence-corrected chi connectivity index (χ2v) is 6.22. The van der Waals surface area contributed by atoms with Crippen LogP contribution < -0.4 is 10.2 Å². The minimum atomic E-state index is -0.251. The number of benzene rings is 2. The van der Waals surface area contributed by atoms with Gasteiger partial charge >= 0.3 is 0 Å². The molecular weight excluding hydrogens is 343 g/mol.